The van der Waals surface area contributed by atoms with Crippen molar-refractivity contribution in [3.05, 3.63) is 29.3 Å². The van der Waals surface area contributed by atoms with Crippen LogP contribution in [0.1, 0.15) is 54.9 Å². The van der Waals surface area contributed by atoms with E-state index in [0.29, 0.717) is 18.0 Å². The lowest BCUT2D eigenvalue weighted by molar-refractivity contribution is -0.120. The molecule has 2 aliphatic rings. The molecule has 1 saturated carbocycles. The van der Waals surface area contributed by atoms with Crippen LogP contribution in [0.3, 0.4) is 0 Å². The summed E-state index contributed by atoms with van der Waals surface area (Å²) < 4.78 is 0. The molecule has 1 aliphatic carbocycles. The third kappa shape index (κ3) is 5.02. The van der Waals surface area contributed by atoms with E-state index in [1.807, 2.05) is 30.0 Å². The van der Waals surface area contributed by atoms with E-state index in [9.17, 15) is 9.59 Å². The second-order valence-electron chi connectivity index (χ2n) is 8.05. The topological polar surface area (TPSA) is 75.4 Å². The highest BCUT2D eigenvalue weighted by molar-refractivity contribution is 5.97. The van der Waals surface area contributed by atoms with Crippen LogP contribution in [0.5, 0.6) is 0 Å². The zero-order valence-electron chi connectivity index (χ0n) is 16.4. The summed E-state index contributed by atoms with van der Waals surface area (Å²) in [6.07, 6.45) is 5.29. The number of nitrogens with zero attached hydrogens (tertiary/aromatic N) is 1. The van der Waals surface area contributed by atoms with E-state index in [2.05, 4.69) is 12.2 Å². The van der Waals surface area contributed by atoms with Gasteiger partial charge < -0.3 is 16.0 Å². The maximum absolute atomic E-state index is 12.7. The molecule has 3 rings (SSSR count). The standard InChI is InChI=1S/C21H31N3O2.ClH/c1-14-5-4-10-24(13-14)21(26)16-8-9-19(15(2)11-16)23-20(25)18-7-3-6-17(18)12-22;/h8-9,11,14,17-18H,3-7,10,12-13,22H2,1-2H3,(H,23,25);1H/t14?,17-,18-;/m1./s1. The molecule has 1 heterocycles. The minimum absolute atomic E-state index is 0. The highest BCUT2D eigenvalue weighted by Crippen LogP contribution is 2.32. The van der Waals surface area contributed by atoms with Gasteiger partial charge in [-0.15, -0.1) is 12.4 Å². The zero-order valence-corrected chi connectivity index (χ0v) is 17.2. The van der Waals surface area contributed by atoms with Gasteiger partial charge in [-0.3, -0.25) is 9.59 Å². The van der Waals surface area contributed by atoms with Crippen molar-refractivity contribution >= 4 is 29.9 Å². The molecular weight excluding hydrogens is 362 g/mol. The van der Waals surface area contributed by atoms with Crippen LogP contribution in [-0.4, -0.2) is 36.3 Å². The molecule has 1 unspecified atom stereocenters. The van der Waals surface area contributed by atoms with Crippen molar-refractivity contribution in [2.45, 2.75) is 46.0 Å². The maximum atomic E-state index is 12.7. The van der Waals surface area contributed by atoms with Gasteiger partial charge in [0.05, 0.1) is 0 Å². The molecule has 3 atom stereocenters. The molecule has 0 radical (unpaired) electrons. The highest BCUT2D eigenvalue weighted by Gasteiger charge is 2.32. The molecule has 0 bridgehead atoms. The summed E-state index contributed by atoms with van der Waals surface area (Å²) in [5, 5.41) is 3.05. The molecule has 2 amide bonds. The minimum atomic E-state index is 0. The van der Waals surface area contributed by atoms with Crippen LogP contribution in [0.4, 0.5) is 5.69 Å². The average molecular weight is 394 g/mol. The molecule has 1 aliphatic heterocycles. The van der Waals surface area contributed by atoms with Crippen LogP contribution < -0.4 is 11.1 Å². The van der Waals surface area contributed by atoms with Crippen LogP contribution in [0.25, 0.3) is 0 Å². The lowest BCUT2D eigenvalue weighted by atomic mass is 9.95. The maximum Gasteiger partial charge on any atom is 0.253 e. The lowest BCUT2D eigenvalue weighted by Crippen LogP contribution is -2.39. The van der Waals surface area contributed by atoms with Gasteiger partial charge in [0.25, 0.3) is 5.91 Å². The second kappa shape index (κ2) is 9.56. The molecule has 2 fully saturated rings. The summed E-state index contributed by atoms with van der Waals surface area (Å²) in [6.45, 7) is 6.38. The van der Waals surface area contributed by atoms with Gasteiger partial charge in [0.1, 0.15) is 0 Å². The first-order valence-electron chi connectivity index (χ1n) is 9.90. The SMILES string of the molecule is Cc1cc(C(=O)N2CCCC(C)C2)ccc1NC(=O)[C@@H]1CCC[C@@H]1CN.Cl. The summed E-state index contributed by atoms with van der Waals surface area (Å²) in [7, 11) is 0. The Morgan fingerprint density at radius 1 is 1.22 bits per heavy atom. The monoisotopic (exact) mass is 393 g/mol. The predicted octanol–water partition coefficient (Wildman–Crippen LogP) is 3.60. The van der Waals surface area contributed by atoms with E-state index in [-0.39, 0.29) is 36.1 Å². The first-order valence-corrected chi connectivity index (χ1v) is 9.90. The third-order valence-electron chi connectivity index (χ3n) is 5.97. The first kappa shape index (κ1) is 21.7. The van der Waals surface area contributed by atoms with E-state index >= 15 is 0 Å². The number of amides is 2. The average Bonchev–Trinajstić information content (AvgIpc) is 3.11. The molecule has 3 N–H and O–H groups in total. The number of halogens is 1. The highest BCUT2D eigenvalue weighted by atomic mass is 35.5. The molecule has 1 aromatic carbocycles. The van der Waals surface area contributed by atoms with Gasteiger partial charge in [0.15, 0.2) is 0 Å². The van der Waals surface area contributed by atoms with Crippen molar-refractivity contribution in [1.82, 2.24) is 4.90 Å². The number of hydrogen-bond donors (Lipinski definition) is 2. The van der Waals surface area contributed by atoms with Crippen molar-refractivity contribution in [1.29, 1.82) is 0 Å². The quantitative estimate of drug-likeness (QED) is 0.820. The number of hydrogen-bond acceptors (Lipinski definition) is 3. The molecule has 0 spiro atoms. The fourth-order valence-corrected chi connectivity index (χ4v) is 4.38. The summed E-state index contributed by atoms with van der Waals surface area (Å²) in [4.78, 5) is 27.3. The van der Waals surface area contributed by atoms with E-state index in [4.69, 9.17) is 5.73 Å². The molecule has 1 saturated heterocycles. The first-order chi connectivity index (χ1) is 12.5. The largest absolute Gasteiger partial charge is 0.338 e. The fourth-order valence-electron chi connectivity index (χ4n) is 4.38. The van der Waals surface area contributed by atoms with Gasteiger partial charge in [-0.1, -0.05) is 13.3 Å². The van der Waals surface area contributed by atoms with Gasteiger partial charge in [0, 0.05) is 30.3 Å². The molecule has 5 nitrogen and oxygen atoms in total. The Bertz CT molecular complexity index is 679. The van der Waals surface area contributed by atoms with Crippen molar-refractivity contribution < 1.29 is 9.59 Å². The number of nitrogens with one attached hydrogen (secondary N) is 1. The Kier molecular flexibility index (Phi) is 7.68. The molecular formula is C21H32ClN3O2. The molecule has 0 aromatic heterocycles. The van der Waals surface area contributed by atoms with Crippen LogP contribution in [0.15, 0.2) is 18.2 Å². The predicted molar refractivity (Wildman–Crippen MR) is 111 cm³/mol. The van der Waals surface area contributed by atoms with Crippen molar-refractivity contribution in [2.24, 2.45) is 23.5 Å². The van der Waals surface area contributed by atoms with Crippen LogP contribution in [-0.2, 0) is 4.79 Å². The van der Waals surface area contributed by atoms with Gasteiger partial charge in [-0.25, -0.2) is 0 Å². The van der Waals surface area contributed by atoms with Crippen LogP contribution in [0.2, 0.25) is 0 Å². The zero-order chi connectivity index (χ0) is 18.7. The molecule has 1 aromatic rings. The Balaban J connectivity index is 0.00000261. The number of benzene rings is 1. The summed E-state index contributed by atoms with van der Waals surface area (Å²) in [6, 6.07) is 5.59. The summed E-state index contributed by atoms with van der Waals surface area (Å²) >= 11 is 0. The lowest BCUT2D eigenvalue weighted by Gasteiger charge is -2.31. The van der Waals surface area contributed by atoms with Gasteiger partial charge in [-0.05, 0) is 74.8 Å². The van der Waals surface area contributed by atoms with E-state index < -0.39 is 0 Å². The number of nitrogens with two attached hydrogens (primary N) is 1. The number of likely N-dealkylation sites (tertiary alicyclic amines) is 1. The van der Waals surface area contributed by atoms with Crippen molar-refractivity contribution in [3.63, 3.8) is 0 Å². The summed E-state index contributed by atoms with van der Waals surface area (Å²) in [5.41, 5.74) is 8.22. The van der Waals surface area contributed by atoms with Crippen LogP contribution in [0, 0.1) is 24.7 Å². The number of piperidine rings is 1. The number of aryl methyl sites for hydroxylation is 1. The molecule has 6 heteroatoms. The number of carbonyl (C=O) groups is 2. The normalized spacial score (nSPS) is 25.0. The molecule has 27 heavy (non-hydrogen) atoms. The number of carbonyl (C=O) groups excluding carboxylic acids is 2. The van der Waals surface area contributed by atoms with E-state index in [1.54, 1.807) is 0 Å². The van der Waals surface area contributed by atoms with Gasteiger partial charge >= 0.3 is 0 Å². The Morgan fingerprint density at radius 3 is 2.67 bits per heavy atom. The van der Waals surface area contributed by atoms with E-state index in [1.165, 1.54) is 6.42 Å². The Labute approximate surface area is 168 Å². The fraction of sp³-hybridized carbons (Fsp3) is 0.619. The number of rotatable bonds is 4. The minimum Gasteiger partial charge on any atom is -0.338 e. The van der Waals surface area contributed by atoms with Crippen molar-refractivity contribution in [2.75, 3.05) is 25.0 Å². The van der Waals surface area contributed by atoms with Gasteiger partial charge in [0.2, 0.25) is 5.91 Å². The molecule has 150 valence electrons. The second-order valence-corrected chi connectivity index (χ2v) is 8.05. The van der Waals surface area contributed by atoms with E-state index in [0.717, 1.165) is 50.0 Å². The Morgan fingerprint density at radius 2 is 2.00 bits per heavy atom. The Hall–Kier alpha value is -1.59. The summed E-state index contributed by atoms with van der Waals surface area (Å²) in [5.74, 6) is 1.02. The van der Waals surface area contributed by atoms with Crippen LogP contribution >= 0.6 is 12.4 Å². The van der Waals surface area contributed by atoms with Gasteiger partial charge in [-0.2, -0.15) is 0 Å². The number of anilines is 1. The van der Waals surface area contributed by atoms with Crippen molar-refractivity contribution in [3.8, 4) is 0 Å². The smallest absolute Gasteiger partial charge is 0.253 e. The third-order valence-corrected chi connectivity index (χ3v) is 5.97.